The molecule has 1 saturated carbocycles. The van der Waals surface area contributed by atoms with Crippen molar-refractivity contribution in [3.63, 3.8) is 0 Å². The zero-order valence-corrected chi connectivity index (χ0v) is 47.2. The number of hydroxylamine groups is 4. The summed E-state index contributed by atoms with van der Waals surface area (Å²) in [6.07, 6.45) is 9.56. The maximum atomic E-state index is 14.6. The molecule has 15 atom stereocenters. The van der Waals surface area contributed by atoms with Crippen LogP contribution in [0.2, 0.25) is 0 Å². The number of ether oxygens (including phenoxy) is 4. The first-order valence-corrected chi connectivity index (χ1v) is 26.9. The molecule has 3 heterocycles. The lowest BCUT2D eigenvalue weighted by Crippen LogP contribution is -2.61. The molecule has 3 aliphatic heterocycles. The number of urea groups is 1. The van der Waals surface area contributed by atoms with Crippen molar-refractivity contribution in [2.75, 3.05) is 49.0 Å². The largest absolute Gasteiger partial charge is 0.460 e. The number of amides is 3. The Bertz CT molecular complexity index is 2140. The minimum Gasteiger partial charge on any atom is -0.460 e. The van der Waals surface area contributed by atoms with Crippen molar-refractivity contribution in [3.8, 4) is 0 Å². The fourth-order valence-corrected chi connectivity index (χ4v) is 11.2. The standard InChI is InChI=1S/C56H88N4O16/c1-33-19-15-14-16-20-34(2)44(60(73-13)55(68)57(8)9)31-41-24-22-39(7)56(69,75-41)51(64)52(65)59-26-18-17-21-43(59)54(67)74-46(36(4)29-40-23-25-42(47(30-40)71-11)53(66)76-58(10)70)32-45(61)35(3)28-38(6)49(63)50(72-12)48(62)37(5)27-33/h14-16,19-20,28,33,35-37,39-44,46-47,49-50,63,69-70H,17-18,21-27,29-32H2,1-13H3/b16-14+,19-15-,34-20+,38-28+/t33-,35-,36-,37-,39-,40+,41+,42-,43+,44-,46+,47-,49-,50+,56-/m1/s1. The minimum atomic E-state index is -2.59. The van der Waals surface area contributed by atoms with Crippen molar-refractivity contribution in [1.82, 2.24) is 20.1 Å². The number of rotatable bonds is 9. The highest BCUT2D eigenvalue weighted by Crippen LogP contribution is 2.39. The Balaban J connectivity index is 1.76. The van der Waals surface area contributed by atoms with Gasteiger partial charge in [0.1, 0.15) is 30.1 Å². The molecule has 0 spiro atoms. The molecule has 2 bridgehead atoms. The maximum Gasteiger partial charge on any atom is 0.343 e. The van der Waals surface area contributed by atoms with Crippen LogP contribution in [0.4, 0.5) is 4.79 Å². The number of hydrogen-bond acceptors (Lipinski definition) is 17. The number of piperidine rings is 1. The number of ketones is 3. The molecule has 0 aromatic carbocycles. The van der Waals surface area contributed by atoms with E-state index in [-0.39, 0.29) is 55.6 Å². The Hall–Kier alpha value is -4.67. The number of esters is 1. The number of aliphatic hydroxyl groups excluding tert-OH is 1. The van der Waals surface area contributed by atoms with E-state index in [0.717, 1.165) is 4.90 Å². The molecule has 0 unspecified atom stereocenters. The van der Waals surface area contributed by atoms with Crippen LogP contribution < -0.4 is 0 Å². The zero-order chi connectivity index (χ0) is 56.8. The fraction of sp³-hybridized carbons (Fsp3) is 0.732. The van der Waals surface area contributed by atoms with Gasteiger partial charge in [-0.05, 0) is 112 Å². The lowest BCUT2D eigenvalue weighted by molar-refractivity contribution is -0.306. The van der Waals surface area contributed by atoms with Crippen LogP contribution in [-0.2, 0) is 57.4 Å². The average Bonchev–Trinajstić information content (AvgIpc) is 3.38. The van der Waals surface area contributed by atoms with E-state index in [1.165, 1.54) is 38.3 Å². The summed E-state index contributed by atoms with van der Waals surface area (Å²) in [7, 11) is 8.54. The van der Waals surface area contributed by atoms with Gasteiger partial charge >= 0.3 is 18.0 Å². The number of hydrogen-bond donors (Lipinski definition) is 3. The topological polar surface area (TPSA) is 249 Å². The van der Waals surface area contributed by atoms with E-state index >= 15 is 0 Å². The van der Waals surface area contributed by atoms with Crippen molar-refractivity contribution < 1.29 is 77.6 Å². The van der Waals surface area contributed by atoms with Gasteiger partial charge < -0.3 is 43.8 Å². The molecule has 4 rings (SSSR count). The maximum absolute atomic E-state index is 14.6. The average molecular weight is 1070 g/mol. The normalized spacial score (nSPS) is 36.1. The molecule has 3 fully saturated rings. The number of fused-ring (bicyclic) bond motifs is 3. The SMILES string of the molecule is CO[C@@H]1C[C@H](C[C@@H](C)[C@@H]2CC(=O)[C@H](C)/C=C(\C)[C@@H](O)[C@@H](OC)C(=O)[C@H](C)C[C@H](C)\C=C/C=C/C=C(\C)[C@H](N(OC)C(=O)N(C)C)C[C@@H]3CC[C@@H](C)[C@@](O)(O3)C(=O)C(=O)N3CCCC[C@H]3C(=O)O2)CC[C@H]1C(=O)ON(C)O. The number of methoxy groups -OCH3 is 2. The molecule has 1 aliphatic carbocycles. The van der Waals surface area contributed by atoms with Gasteiger partial charge in [0.25, 0.3) is 11.7 Å². The highest BCUT2D eigenvalue weighted by Gasteiger charge is 2.53. The summed E-state index contributed by atoms with van der Waals surface area (Å²) < 4.78 is 23.9. The van der Waals surface area contributed by atoms with Gasteiger partial charge in [0, 0.05) is 65.5 Å². The van der Waals surface area contributed by atoms with Crippen LogP contribution in [0, 0.1) is 41.4 Å². The van der Waals surface area contributed by atoms with E-state index in [1.54, 1.807) is 60.0 Å². The van der Waals surface area contributed by atoms with E-state index in [2.05, 4.69) is 0 Å². The number of carbonyl (C=O) groups excluding carboxylic acids is 7. The third kappa shape index (κ3) is 16.7. The minimum absolute atomic E-state index is 0.00381. The molecular weight excluding hydrogens is 985 g/mol. The van der Waals surface area contributed by atoms with E-state index < -0.39 is 108 Å². The highest BCUT2D eigenvalue weighted by atomic mass is 16.9. The molecule has 4 aliphatic rings. The van der Waals surface area contributed by atoms with Crippen LogP contribution >= 0.6 is 0 Å². The second-order valence-electron chi connectivity index (χ2n) is 22.0. The number of Topliss-reactive ketones (excluding diaryl/α,β-unsaturated/α-hetero) is 3. The van der Waals surface area contributed by atoms with Crippen molar-refractivity contribution in [3.05, 3.63) is 47.6 Å². The second-order valence-corrected chi connectivity index (χ2v) is 22.0. The quantitative estimate of drug-likeness (QED) is 0.102. The predicted molar refractivity (Wildman–Crippen MR) is 279 cm³/mol. The molecule has 20 nitrogen and oxygen atoms in total. The first-order chi connectivity index (χ1) is 35.8. The van der Waals surface area contributed by atoms with Gasteiger partial charge in [0.15, 0.2) is 5.78 Å². The van der Waals surface area contributed by atoms with Crippen molar-refractivity contribution in [2.45, 2.75) is 174 Å². The van der Waals surface area contributed by atoms with Crippen LogP contribution in [0.15, 0.2) is 47.6 Å². The summed E-state index contributed by atoms with van der Waals surface area (Å²) in [5.74, 6) is -10.5. The van der Waals surface area contributed by atoms with Crippen LogP contribution in [0.25, 0.3) is 0 Å². The Morgan fingerprint density at radius 3 is 2.21 bits per heavy atom. The summed E-state index contributed by atoms with van der Waals surface area (Å²) in [6, 6.07) is -2.47. The molecule has 76 heavy (non-hydrogen) atoms. The Kier molecular flexibility index (Phi) is 24.7. The molecule has 428 valence electrons. The molecule has 3 N–H and O–H groups in total. The number of carbonyl (C=O) groups is 7. The van der Waals surface area contributed by atoms with E-state index in [4.69, 9.17) is 28.6 Å². The molecule has 20 heteroatoms. The first kappa shape index (κ1) is 63.9. The summed E-state index contributed by atoms with van der Waals surface area (Å²) in [4.78, 5) is 111. The van der Waals surface area contributed by atoms with Gasteiger partial charge in [0.2, 0.25) is 5.79 Å². The van der Waals surface area contributed by atoms with E-state index in [9.17, 15) is 49.0 Å². The Labute approximate surface area is 449 Å². The first-order valence-electron chi connectivity index (χ1n) is 26.9. The van der Waals surface area contributed by atoms with Crippen LogP contribution in [0.3, 0.4) is 0 Å². The third-order valence-corrected chi connectivity index (χ3v) is 15.8. The molecule has 3 amide bonds. The smallest absolute Gasteiger partial charge is 0.343 e. The van der Waals surface area contributed by atoms with Crippen molar-refractivity contribution >= 4 is 41.2 Å². The fourth-order valence-electron chi connectivity index (χ4n) is 11.2. The third-order valence-electron chi connectivity index (χ3n) is 15.8. The van der Waals surface area contributed by atoms with Gasteiger partial charge in [-0.2, -0.15) is 5.06 Å². The monoisotopic (exact) mass is 1070 g/mol. The summed E-state index contributed by atoms with van der Waals surface area (Å²) in [5, 5.41) is 34.9. The lowest BCUT2D eigenvalue weighted by Gasteiger charge is -2.43. The summed E-state index contributed by atoms with van der Waals surface area (Å²) in [5.41, 5.74) is 1.01. The molecule has 0 aromatic rings. The summed E-state index contributed by atoms with van der Waals surface area (Å²) >= 11 is 0. The van der Waals surface area contributed by atoms with Gasteiger partial charge in [0.05, 0.1) is 38.3 Å². The predicted octanol–water partition coefficient (Wildman–Crippen LogP) is 6.11. The van der Waals surface area contributed by atoms with Gasteiger partial charge in [-0.25, -0.2) is 14.4 Å². The number of allylic oxidation sites excluding steroid dienone is 6. The number of aliphatic hydroxyl groups is 2. The lowest BCUT2D eigenvalue weighted by atomic mass is 9.75. The van der Waals surface area contributed by atoms with Gasteiger partial charge in [-0.3, -0.25) is 29.2 Å². The van der Waals surface area contributed by atoms with Gasteiger partial charge in [-0.1, -0.05) is 71.1 Å². The Morgan fingerprint density at radius 1 is 0.882 bits per heavy atom. The molecule has 2 saturated heterocycles. The van der Waals surface area contributed by atoms with Crippen LogP contribution in [0.1, 0.15) is 126 Å². The van der Waals surface area contributed by atoms with Crippen molar-refractivity contribution in [2.24, 2.45) is 41.4 Å². The number of nitrogens with zero attached hydrogens (tertiary/aromatic N) is 4. The van der Waals surface area contributed by atoms with Gasteiger partial charge in [-0.15, -0.1) is 0 Å². The van der Waals surface area contributed by atoms with E-state index in [0.29, 0.717) is 67.7 Å². The van der Waals surface area contributed by atoms with Crippen LogP contribution in [0.5, 0.6) is 0 Å². The zero-order valence-electron chi connectivity index (χ0n) is 47.2. The molecule has 0 aromatic heterocycles. The second kappa shape index (κ2) is 29.3. The summed E-state index contributed by atoms with van der Waals surface area (Å²) in [6.45, 7) is 12.3. The van der Waals surface area contributed by atoms with E-state index in [1.807, 2.05) is 39.0 Å². The van der Waals surface area contributed by atoms with Crippen molar-refractivity contribution in [1.29, 1.82) is 0 Å². The molecule has 0 radical (unpaired) electrons. The molecular formula is C56H88N4O16. The Morgan fingerprint density at radius 2 is 1.58 bits per heavy atom. The number of cyclic esters (lactones) is 1. The highest BCUT2D eigenvalue weighted by molar-refractivity contribution is 6.39. The van der Waals surface area contributed by atoms with Crippen LogP contribution in [-0.4, -0.2) is 174 Å².